The second-order valence-electron chi connectivity index (χ2n) is 9.12. The maximum absolute atomic E-state index is 13.0. The summed E-state index contributed by atoms with van der Waals surface area (Å²) in [6.45, 7) is 5.77. The summed E-state index contributed by atoms with van der Waals surface area (Å²) < 4.78 is 5.37. The first-order chi connectivity index (χ1) is 15.2. The van der Waals surface area contributed by atoms with Gasteiger partial charge in [0.1, 0.15) is 5.75 Å². The molecule has 0 aromatic heterocycles. The molecule has 170 valence electrons. The van der Waals surface area contributed by atoms with Crippen molar-refractivity contribution in [3.05, 3.63) is 70.8 Å². The third-order valence-corrected chi connectivity index (χ3v) is 5.49. The molecule has 1 aliphatic rings. The van der Waals surface area contributed by atoms with Gasteiger partial charge >= 0.3 is 0 Å². The van der Waals surface area contributed by atoms with Crippen LogP contribution in [0.2, 0.25) is 0 Å². The zero-order valence-corrected chi connectivity index (χ0v) is 19.6. The third kappa shape index (κ3) is 5.98. The minimum atomic E-state index is -0.164. The van der Waals surface area contributed by atoms with Crippen LogP contribution in [0, 0.1) is 0 Å². The number of carbonyl (C=O) groups is 2. The minimum absolute atomic E-state index is 0.114. The highest BCUT2D eigenvalue weighted by atomic mass is 16.5. The van der Waals surface area contributed by atoms with Crippen LogP contribution in [0.4, 0.5) is 0 Å². The Morgan fingerprint density at radius 3 is 2.47 bits per heavy atom. The summed E-state index contributed by atoms with van der Waals surface area (Å²) >= 11 is 0. The van der Waals surface area contributed by atoms with Crippen LogP contribution in [0.1, 0.15) is 52.1 Å². The van der Waals surface area contributed by atoms with E-state index >= 15 is 0 Å². The number of amides is 1. The molecule has 6 heteroatoms. The van der Waals surface area contributed by atoms with Gasteiger partial charge in [0.15, 0.2) is 5.78 Å². The second kappa shape index (κ2) is 10.0. The van der Waals surface area contributed by atoms with Crippen LogP contribution in [-0.2, 0) is 6.42 Å². The fraction of sp³-hybridized carbons (Fsp3) is 0.385. The molecule has 0 aliphatic carbocycles. The number of hydrogen-bond donors (Lipinski definition) is 2. The molecule has 2 aromatic carbocycles. The standard InChI is InChI=1S/C26H33N3O3/c1-26(2)17-20-11-12-21(32-5)15-22(20)23(28-26)16-24(30)18-7-9-19(10-8-18)25(31)27-13-6-14-29(3)4/h7-12,15-16,28H,6,13-14,17H2,1-5H3,(H,27,31). The highest BCUT2D eigenvalue weighted by Gasteiger charge is 2.28. The molecule has 2 N–H and O–H groups in total. The van der Waals surface area contributed by atoms with E-state index in [4.69, 9.17) is 4.74 Å². The number of ketones is 1. The Balaban J connectivity index is 1.74. The van der Waals surface area contributed by atoms with Crippen molar-refractivity contribution in [3.8, 4) is 5.75 Å². The molecule has 0 radical (unpaired) electrons. The number of nitrogens with zero attached hydrogens (tertiary/aromatic N) is 1. The topological polar surface area (TPSA) is 70.7 Å². The molecule has 1 amide bonds. The Bertz CT molecular complexity index is 1010. The summed E-state index contributed by atoms with van der Waals surface area (Å²) in [5.41, 5.74) is 3.85. The number of allylic oxidation sites excluding steroid dienone is 1. The van der Waals surface area contributed by atoms with Gasteiger partial charge in [0, 0.05) is 40.5 Å². The highest BCUT2D eigenvalue weighted by molar-refractivity contribution is 6.09. The number of rotatable bonds is 8. The van der Waals surface area contributed by atoms with E-state index in [-0.39, 0.29) is 17.2 Å². The largest absolute Gasteiger partial charge is 0.497 e. The van der Waals surface area contributed by atoms with Crippen molar-refractivity contribution in [1.29, 1.82) is 0 Å². The number of ether oxygens (including phenoxy) is 1. The number of methoxy groups -OCH3 is 1. The number of carbonyl (C=O) groups excluding carboxylic acids is 2. The Morgan fingerprint density at radius 1 is 1.12 bits per heavy atom. The SMILES string of the molecule is COc1ccc2c(c1)C(=CC(=O)c1ccc(C(=O)NCCCN(C)C)cc1)NC(C)(C)C2. The monoisotopic (exact) mass is 435 g/mol. The predicted molar refractivity (Wildman–Crippen MR) is 128 cm³/mol. The zero-order valence-electron chi connectivity index (χ0n) is 19.6. The van der Waals surface area contributed by atoms with E-state index in [1.807, 2.05) is 26.2 Å². The molecule has 0 unspecified atom stereocenters. The van der Waals surface area contributed by atoms with Gasteiger partial charge in [-0.2, -0.15) is 0 Å². The average Bonchev–Trinajstić information content (AvgIpc) is 2.75. The Kier molecular flexibility index (Phi) is 7.36. The average molecular weight is 436 g/mol. The van der Waals surface area contributed by atoms with Crippen molar-refractivity contribution in [2.45, 2.75) is 32.2 Å². The molecule has 0 fully saturated rings. The molecule has 0 bridgehead atoms. The molecule has 1 aliphatic heterocycles. The first-order valence-electron chi connectivity index (χ1n) is 10.9. The Morgan fingerprint density at radius 2 is 1.81 bits per heavy atom. The van der Waals surface area contributed by atoms with E-state index in [1.54, 1.807) is 37.5 Å². The fourth-order valence-electron chi connectivity index (χ4n) is 3.85. The van der Waals surface area contributed by atoms with Crippen LogP contribution >= 0.6 is 0 Å². The van der Waals surface area contributed by atoms with Crippen molar-refractivity contribution in [2.75, 3.05) is 34.3 Å². The molecule has 0 spiro atoms. The summed E-state index contributed by atoms with van der Waals surface area (Å²) in [6.07, 6.45) is 3.38. The summed E-state index contributed by atoms with van der Waals surface area (Å²) in [4.78, 5) is 27.4. The number of fused-ring (bicyclic) bond motifs is 1. The summed E-state index contributed by atoms with van der Waals surface area (Å²) in [6, 6.07) is 12.8. The fourth-order valence-corrected chi connectivity index (χ4v) is 3.85. The van der Waals surface area contributed by atoms with E-state index in [2.05, 4.69) is 35.4 Å². The van der Waals surface area contributed by atoms with E-state index in [1.165, 1.54) is 5.56 Å². The number of nitrogens with one attached hydrogen (secondary N) is 2. The molecular weight excluding hydrogens is 402 g/mol. The summed E-state index contributed by atoms with van der Waals surface area (Å²) in [5, 5.41) is 6.40. The van der Waals surface area contributed by atoms with E-state index in [0.717, 1.165) is 36.4 Å². The van der Waals surface area contributed by atoms with Crippen LogP contribution in [-0.4, -0.2) is 56.4 Å². The normalized spacial score (nSPS) is 15.8. The Labute approximate surface area is 190 Å². The van der Waals surface area contributed by atoms with E-state index in [0.29, 0.717) is 17.7 Å². The van der Waals surface area contributed by atoms with Crippen LogP contribution < -0.4 is 15.4 Å². The maximum atomic E-state index is 13.0. The molecule has 0 saturated carbocycles. The van der Waals surface area contributed by atoms with Crippen molar-refractivity contribution in [2.24, 2.45) is 0 Å². The van der Waals surface area contributed by atoms with Crippen molar-refractivity contribution in [1.82, 2.24) is 15.5 Å². The summed E-state index contributed by atoms with van der Waals surface area (Å²) in [5.74, 6) is 0.513. The van der Waals surface area contributed by atoms with Gasteiger partial charge in [0.25, 0.3) is 5.91 Å². The first-order valence-corrected chi connectivity index (χ1v) is 10.9. The zero-order chi connectivity index (χ0) is 23.3. The van der Waals surface area contributed by atoms with Crippen LogP contribution in [0.3, 0.4) is 0 Å². The molecule has 0 atom stereocenters. The lowest BCUT2D eigenvalue weighted by Crippen LogP contribution is -2.43. The number of benzene rings is 2. The van der Waals surface area contributed by atoms with Gasteiger partial charge in [-0.1, -0.05) is 18.2 Å². The van der Waals surface area contributed by atoms with Gasteiger partial charge in [-0.3, -0.25) is 9.59 Å². The lowest BCUT2D eigenvalue weighted by atomic mass is 9.85. The van der Waals surface area contributed by atoms with Crippen molar-refractivity contribution < 1.29 is 14.3 Å². The van der Waals surface area contributed by atoms with Crippen molar-refractivity contribution >= 4 is 17.4 Å². The summed E-state index contributed by atoms with van der Waals surface area (Å²) in [7, 11) is 5.65. The molecule has 2 aromatic rings. The molecular formula is C26H33N3O3. The quantitative estimate of drug-likeness (QED) is 0.377. The van der Waals surface area contributed by atoms with Gasteiger partial charge in [-0.25, -0.2) is 0 Å². The molecule has 32 heavy (non-hydrogen) atoms. The Hall–Kier alpha value is -3.12. The molecule has 0 saturated heterocycles. The van der Waals surface area contributed by atoms with Crippen LogP contribution in [0.15, 0.2) is 48.5 Å². The van der Waals surface area contributed by atoms with E-state index < -0.39 is 0 Å². The van der Waals surface area contributed by atoms with Crippen molar-refractivity contribution in [3.63, 3.8) is 0 Å². The highest BCUT2D eigenvalue weighted by Crippen LogP contribution is 2.32. The second-order valence-corrected chi connectivity index (χ2v) is 9.12. The van der Waals surface area contributed by atoms with Crippen LogP contribution in [0.5, 0.6) is 5.75 Å². The molecule has 6 nitrogen and oxygen atoms in total. The lowest BCUT2D eigenvalue weighted by molar-refractivity contribution is 0.0951. The lowest BCUT2D eigenvalue weighted by Gasteiger charge is -2.35. The van der Waals surface area contributed by atoms with E-state index in [9.17, 15) is 9.59 Å². The first kappa shape index (κ1) is 23.5. The van der Waals surface area contributed by atoms with Gasteiger partial charge in [0.2, 0.25) is 0 Å². The van der Waals surface area contributed by atoms with Gasteiger partial charge in [0.05, 0.1) is 7.11 Å². The van der Waals surface area contributed by atoms with Gasteiger partial charge < -0.3 is 20.3 Å². The van der Waals surface area contributed by atoms with Gasteiger partial charge in [-0.15, -0.1) is 0 Å². The van der Waals surface area contributed by atoms with Gasteiger partial charge in [-0.05, 0) is 77.2 Å². The van der Waals surface area contributed by atoms with Crippen LogP contribution in [0.25, 0.3) is 5.70 Å². The molecule has 3 rings (SSSR count). The predicted octanol–water partition coefficient (Wildman–Crippen LogP) is 3.52. The smallest absolute Gasteiger partial charge is 0.251 e. The third-order valence-electron chi connectivity index (χ3n) is 5.49. The minimum Gasteiger partial charge on any atom is -0.497 e. The molecule has 1 heterocycles. The number of hydrogen-bond acceptors (Lipinski definition) is 5. The maximum Gasteiger partial charge on any atom is 0.251 e.